The van der Waals surface area contributed by atoms with E-state index < -0.39 is 0 Å². The van der Waals surface area contributed by atoms with Gasteiger partial charge >= 0.3 is 16.8 Å². The number of halogens is 2. The van der Waals surface area contributed by atoms with Gasteiger partial charge in [-0.25, -0.2) is 4.98 Å². The second kappa shape index (κ2) is 17.0. The normalized spacial score (nSPS) is 11.9. The number of hydrogen-bond acceptors (Lipinski definition) is 3. The Hall–Kier alpha value is -2.24. The first-order chi connectivity index (χ1) is 17.9. The fourth-order valence-corrected chi connectivity index (χ4v) is 4.76. The van der Waals surface area contributed by atoms with Gasteiger partial charge in [0, 0.05) is 0 Å². The molecule has 3 nitrogen and oxygen atoms in total. The van der Waals surface area contributed by atoms with Crippen LogP contribution in [0.4, 0.5) is 11.4 Å². The molecule has 0 spiro atoms. The zero-order chi connectivity index (χ0) is 28.1. The monoisotopic (exact) mass is 636 g/mol. The van der Waals surface area contributed by atoms with E-state index >= 15 is 0 Å². The van der Waals surface area contributed by atoms with Crippen LogP contribution in [0.15, 0.2) is 65.1 Å². The topological polar surface area (TPSA) is 37.6 Å². The van der Waals surface area contributed by atoms with E-state index in [2.05, 4.69) is 112 Å². The van der Waals surface area contributed by atoms with Crippen LogP contribution in [0.2, 0.25) is 0 Å². The first-order valence-electron chi connectivity index (χ1n) is 14.0. The minimum atomic E-state index is 0. The second-order valence-corrected chi connectivity index (χ2v) is 11.5. The number of benzene rings is 2. The maximum Gasteiger partial charge on any atom is 2.00 e. The van der Waals surface area contributed by atoms with Gasteiger partial charge < -0.3 is 24.8 Å². The summed E-state index contributed by atoms with van der Waals surface area (Å²) >= 11 is 0. The van der Waals surface area contributed by atoms with Crippen LogP contribution in [-0.4, -0.2) is 16.4 Å². The Morgan fingerprint density at radius 2 is 0.976 bits per heavy atom. The molecule has 6 heteroatoms. The summed E-state index contributed by atoms with van der Waals surface area (Å²) in [4.78, 5) is 15.4. The number of nitrogens with zero attached hydrogens (tertiary/aromatic N) is 3. The Bertz CT molecular complexity index is 1320. The summed E-state index contributed by atoms with van der Waals surface area (Å²) in [6.45, 7) is 25.9. The number of para-hydroxylation sites is 1. The van der Waals surface area contributed by atoms with Crippen molar-refractivity contribution >= 4 is 28.9 Å². The Morgan fingerprint density at radius 1 is 0.634 bits per heavy atom. The molecule has 1 radical (unpaired) electrons. The molecule has 1 heterocycles. The Labute approximate surface area is 271 Å². The van der Waals surface area contributed by atoms with Crippen molar-refractivity contribution in [3.8, 4) is 0 Å². The fourth-order valence-electron chi connectivity index (χ4n) is 4.76. The van der Waals surface area contributed by atoms with E-state index in [1.807, 2.05) is 18.2 Å². The predicted molar refractivity (Wildman–Crippen MR) is 167 cm³/mol. The van der Waals surface area contributed by atoms with Crippen molar-refractivity contribution in [3.63, 3.8) is 0 Å². The van der Waals surface area contributed by atoms with Gasteiger partial charge in [-0.15, -0.1) is 0 Å². The molecule has 0 N–H and O–H groups in total. The minimum absolute atomic E-state index is 0. The molecule has 0 aliphatic heterocycles. The van der Waals surface area contributed by atoms with Crippen LogP contribution in [-0.2, 0) is 16.8 Å². The fraction of sp³-hybridized carbons (Fsp3) is 0.400. The molecule has 0 fully saturated rings. The summed E-state index contributed by atoms with van der Waals surface area (Å²) in [5.74, 6) is 1.49. The molecule has 0 aliphatic rings. The first kappa shape index (κ1) is 38.8. The van der Waals surface area contributed by atoms with E-state index in [9.17, 15) is 0 Å². The SMILES string of the molecule is C=Cc1cc(C(C)C)c(/N=C(\C)c2cccc(/C(C)=N/c3c(C(C)C)cccc3C(C)C)n2)c(C(C)C)c1.[Cl-].[Cl-].[Co+2]. The van der Waals surface area contributed by atoms with Gasteiger partial charge in [0.1, 0.15) is 0 Å². The number of hydrogen-bond donors (Lipinski definition) is 0. The molecule has 3 rings (SSSR count). The third kappa shape index (κ3) is 9.38. The van der Waals surface area contributed by atoms with E-state index in [0.29, 0.717) is 23.7 Å². The molecule has 0 saturated heterocycles. The number of aliphatic imine (C=N–C) groups is 2. The van der Waals surface area contributed by atoms with Gasteiger partial charge in [-0.1, -0.05) is 92.3 Å². The molecule has 223 valence electrons. The average Bonchev–Trinajstić information content (AvgIpc) is 2.88. The van der Waals surface area contributed by atoms with Gasteiger partial charge in [0.05, 0.1) is 34.2 Å². The molecule has 0 amide bonds. The molecule has 2 aromatic carbocycles. The maximum atomic E-state index is 5.19. The van der Waals surface area contributed by atoms with Gasteiger partial charge in [0.15, 0.2) is 0 Å². The molecule has 41 heavy (non-hydrogen) atoms. The number of rotatable bonds is 9. The summed E-state index contributed by atoms with van der Waals surface area (Å²) in [6.07, 6.45) is 1.92. The van der Waals surface area contributed by atoms with Crippen LogP contribution < -0.4 is 24.8 Å². The van der Waals surface area contributed by atoms with E-state index in [0.717, 1.165) is 39.7 Å². The quantitative estimate of drug-likeness (QED) is 0.319. The first-order valence-corrected chi connectivity index (χ1v) is 14.0. The van der Waals surface area contributed by atoms with Crippen molar-refractivity contribution in [2.24, 2.45) is 9.98 Å². The standard InChI is InChI=1S/C35H45N3.2ClH.Co/c1-12-27-19-30(23(6)7)35(31(20-27)24(8)9)37-26(11)33-18-14-17-32(38-33)25(10)36-34-28(21(2)3)15-13-16-29(34)22(4)5;;;/h12-24H,1H2,2-11H3;2*1H;/q;;;+2/p-2/b36-25+,37-26+;;;. The van der Waals surface area contributed by atoms with Crippen LogP contribution in [0.25, 0.3) is 6.08 Å². The van der Waals surface area contributed by atoms with Crippen LogP contribution in [0.1, 0.15) is 132 Å². The van der Waals surface area contributed by atoms with Crippen LogP contribution in [0, 0.1) is 0 Å². The zero-order valence-corrected chi connectivity index (χ0v) is 28.7. The molecule has 0 bridgehead atoms. The molecule has 0 atom stereocenters. The third-order valence-electron chi connectivity index (χ3n) is 7.06. The summed E-state index contributed by atoms with van der Waals surface area (Å²) in [5.41, 5.74) is 11.9. The summed E-state index contributed by atoms with van der Waals surface area (Å²) in [6, 6.07) is 17.1. The van der Waals surface area contributed by atoms with Crippen molar-refractivity contribution in [1.29, 1.82) is 0 Å². The largest absolute Gasteiger partial charge is 2.00 e. The molecule has 0 aliphatic carbocycles. The second-order valence-electron chi connectivity index (χ2n) is 11.5. The summed E-state index contributed by atoms with van der Waals surface area (Å²) in [7, 11) is 0. The van der Waals surface area contributed by atoms with Gasteiger partial charge in [0.2, 0.25) is 0 Å². The van der Waals surface area contributed by atoms with Crippen LogP contribution >= 0.6 is 0 Å². The van der Waals surface area contributed by atoms with Gasteiger partial charge in [0.25, 0.3) is 0 Å². The van der Waals surface area contributed by atoms with E-state index in [1.165, 1.54) is 22.3 Å². The number of pyridine rings is 1. The molecule has 0 unspecified atom stereocenters. The molecule has 3 aromatic rings. The predicted octanol–water partition coefficient (Wildman–Crippen LogP) is 4.51. The van der Waals surface area contributed by atoms with Crippen molar-refractivity contribution in [2.75, 3.05) is 0 Å². The molecule has 1 aromatic heterocycles. The van der Waals surface area contributed by atoms with E-state index in [1.54, 1.807) is 0 Å². The van der Waals surface area contributed by atoms with Crippen molar-refractivity contribution < 1.29 is 41.6 Å². The molecular formula is C35H45Cl2CoN3. The third-order valence-corrected chi connectivity index (χ3v) is 7.06. The smallest absolute Gasteiger partial charge is 1.00 e. The van der Waals surface area contributed by atoms with Crippen molar-refractivity contribution in [3.05, 3.63) is 94.3 Å². The molecular weight excluding hydrogens is 592 g/mol. The maximum absolute atomic E-state index is 5.19. The van der Waals surface area contributed by atoms with E-state index in [-0.39, 0.29) is 41.6 Å². The van der Waals surface area contributed by atoms with Crippen molar-refractivity contribution in [1.82, 2.24) is 4.98 Å². The average molecular weight is 638 g/mol. The Balaban J connectivity index is 0.00000533. The summed E-state index contributed by atoms with van der Waals surface area (Å²) in [5, 5.41) is 0. The van der Waals surface area contributed by atoms with Crippen LogP contribution in [0.5, 0.6) is 0 Å². The van der Waals surface area contributed by atoms with Crippen LogP contribution in [0.3, 0.4) is 0 Å². The van der Waals surface area contributed by atoms with E-state index in [4.69, 9.17) is 15.0 Å². The Morgan fingerprint density at radius 3 is 1.32 bits per heavy atom. The molecule has 0 saturated carbocycles. The minimum Gasteiger partial charge on any atom is -1.00 e. The van der Waals surface area contributed by atoms with Gasteiger partial charge in [-0.2, -0.15) is 0 Å². The number of aromatic nitrogens is 1. The Kier molecular flexibility index (Phi) is 16.1. The van der Waals surface area contributed by atoms with Crippen molar-refractivity contribution in [2.45, 2.75) is 92.9 Å². The zero-order valence-electron chi connectivity index (χ0n) is 26.1. The van der Waals surface area contributed by atoms with Gasteiger partial charge in [-0.3, -0.25) is 9.98 Å². The summed E-state index contributed by atoms with van der Waals surface area (Å²) < 4.78 is 0. The van der Waals surface area contributed by atoms with Gasteiger partial charge in [-0.05, 0) is 89.6 Å².